The van der Waals surface area contributed by atoms with Crippen LogP contribution in [0.4, 0.5) is 0 Å². The third-order valence-electron chi connectivity index (χ3n) is 4.15. The Hall–Kier alpha value is -1.35. The largest absolute Gasteiger partial charge is 0.481 e. The average Bonchev–Trinajstić information content (AvgIpc) is 2.40. The molecule has 0 atom stereocenters. The minimum Gasteiger partial charge on any atom is -0.481 e. The zero-order valence-electron chi connectivity index (χ0n) is 11.6. The van der Waals surface area contributed by atoms with Gasteiger partial charge in [0, 0.05) is 12.0 Å². The lowest BCUT2D eigenvalue weighted by Gasteiger charge is -2.41. The molecule has 1 aliphatic rings. The summed E-state index contributed by atoms with van der Waals surface area (Å²) in [5.41, 5.74) is 1.37. The minimum absolute atomic E-state index is 0.300. The van der Waals surface area contributed by atoms with Crippen molar-refractivity contribution in [1.29, 1.82) is 0 Å². The zero-order valence-corrected chi connectivity index (χ0v) is 11.6. The van der Waals surface area contributed by atoms with Gasteiger partial charge in [0.15, 0.2) is 0 Å². The van der Waals surface area contributed by atoms with Crippen molar-refractivity contribution in [2.75, 3.05) is 19.6 Å². The highest BCUT2D eigenvalue weighted by Gasteiger charge is 2.29. The van der Waals surface area contributed by atoms with Gasteiger partial charge in [-0.2, -0.15) is 0 Å². The van der Waals surface area contributed by atoms with Crippen molar-refractivity contribution in [2.24, 2.45) is 0 Å². The molecule has 19 heavy (non-hydrogen) atoms. The number of aliphatic carboxylic acids is 1. The Morgan fingerprint density at radius 2 is 1.79 bits per heavy atom. The number of benzene rings is 1. The maximum absolute atomic E-state index is 10.7. The molecule has 0 aromatic heterocycles. The second-order valence-electron chi connectivity index (χ2n) is 5.71. The van der Waals surface area contributed by atoms with Gasteiger partial charge in [0.1, 0.15) is 6.54 Å². The number of rotatable bonds is 6. The lowest BCUT2D eigenvalue weighted by molar-refractivity contribution is -0.945. The maximum Gasteiger partial charge on any atom is 0.303 e. The van der Waals surface area contributed by atoms with Crippen molar-refractivity contribution in [1.82, 2.24) is 0 Å². The average molecular weight is 262 g/mol. The Bertz CT molecular complexity index is 396. The molecule has 1 aromatic rings. The first-order valence-corrected chi connectivity index (χ1v) is 7.31. The molecule has 0 bridgehead atoms. The Morgan fingerprint density at radius 3 is 2.42 bits per heavy atom. The molecule has 104 valence electrons. The molecule has 0 spiro atoms. The van der Waals surface area contributed by atoms with Gasteiger partial charge in [0.2, 0.25) is 0 Å². The van der Waals surface area contributed by atoms with Crippen LogP contribution in [0.15, 0.2) is 30.3 Å². The summed E-state index contributed by atoms with van der Waals surface area (Å²) in [6, 6.07) is 10.6. The number of hydrogen-bond donors (Lipinski definition) is 1. The number of hydrogen-bond acceptors (Lipinski definition) is 1. The molecule has 3 nitrogen and oxygen atoms in total. The van der Waals surface area contributed by atoms with Crippen LogP contribution in [-0.2, 0) is 11.3 Å². The summed E-state index contributed by atoms with van der Waals surface area (Å²) >= 11 is 0. The van der Waals surface area contributed by atoms with E-state index in [0.29, 0.717) is 6.42 Å². The van der Waals surface area contributed by atoms with Gasteiger partial charge in [0.05, 0.1) is 26.1 Å². The second-order valence-corrected chi connectivity index (χ2v) is 5.71. The van der Waals surface area contributed by atoms with Gasteiger partial charge in [0.25, 0.3) is 0 Å². The van der Waals surface area contributed by atoms with E-state index in [1.807, 2.05) is 0 Å². The van der Waals surface area contributed by atoms with E-state index in [1.165, 1.54) is 37.9 Å². The highest BCUT2D eigenvalue weighted by molar-refractivity contribution is 5.66. The van der Waals surface area contributed by atoms with Gasteiger partial charge in [-0.25, -0.2) is 0 Å². The number of piperidine rings is 1. The summed E-state index contributed by atoms with van der Waals surface area (Å²) in [5.74, 6) is -0.671. The summed E-state index contributed by atoms with van der Waals surface area (Å²) in [7, 11) is 0. The quantitative estimate of drug-likeness (QED) is 0.800. The van der Waals surface area contributed by atoms with Crippen LogP contribution in [-0.4, -0.2) is 35.2 Å². The van der Waals surface area contributed by atoms with Gasteiger partial charge in [-0.3, -0.25) is 4.79 Å². The fourth-order valence-electron chi connectivity index (χ4n) is 3.18. The Kier molecular flexibility index (Phi) is 4.97. The van der Waals surface area contributed by atoms with E-state index in [4.69, 9.17) is 5.11 Å². The number of carboxylic acid groups (broad SMARTS) is 1. The van der Waals surface area contributed by atoms with E-state index >= 15 is 0 Å². The van der Waals surface area contributed by atoms with Crippen molar-refractivity contribution in [2.45, 2.75) is 38.6 Å². The van der Waals surface area contributed by atoms with E-state index in [2.05, 4.69) is 30.3 Å². The molecule has 0 aliphatic carbocycles. The highest BCUT2D eigenvalue weighted by atomic mass is 16.4. The fraction of sp³-hybridized carbons (Fsp3) is 0.562. The lowest BCUT2D eigenvalue weighted by atomic mass is 10.0. The van der Waals surface area contributed by atoms with Crippen molar-refractivity contribution in [3.05, 3.63) is 35.9 Å². The Balaban J connectivity index is 1.99. The molecule has 2 rings (SSSR count). The van der Waals surface area contributed by atoms with E-state index in [0.717, 1.165) is 24.0 Å². The first kappa shape index (κ1) is 14.1. The third-order valence-corrected chi connectivity index (χ3v) is 4.15. The summed E-state index contributed by atoms with van der Waals surface area (Å²) in [6.45, 7) is 4.46. The Morgan fingerprint density at radius 1 is 1.11 bits per heavy atom. The van der Waals surface area contributed by atoms with Crippen molar-refractivity contribution in [3.63, 3.8) is 0 Å². The smallest absolute Gasteiger partial charge is 0.303 e. The fourth-order valence-corrected chi connectivity index (χ4v) is 3.18. The number of carbonyl (C=O) groups is 1. The summed E-state index contributed by atoms with van der Waals surface area (Å²) in [6.07, 6.45) is 4.98. The molecule has 1 aliphatic heterocycles. The molecule has 1 heterocycles. The minimum atomic E-state index is -0.671. The second kappa shape index (κ2) is 6.71. The van der Waals surface area contributed by atoms with Crippen LogP contribution in [0.25, 0.3) is 0 Å². The monoisotopic (exact) mass is 262 g/mol. The van der Waals surface area contributed by atoms with Gasteiger partial charge in [-0.15, -0.1) is 0 Å². The van der Waals surface area contributed by atoms with Crippen LogP contribution in [0.5, 0.6) is 0 Å². The van der Waals surface area contributed by atoms with Crippen LogP contribution < -0.4 is 0 Å². The molecule has 1 aromatic carbocycles. The highest BCUT2D eigenvalue weighted by Crippen LogP contribution is 2.23. The van der Waals surface area contributed by atoms with E-state index < -0.39 is 5.97 Å². The standard InChI is InChI=1S/C16H23NO2/c18-16(19)10-7-13-17(11-5-2-6-12-17)14-15-8-3-1-4-9-15/h1,3-4,8-9H,2,5-7,10-14H2/p+1. The van der Waals surface area contributed by atoms with Gasteiger partial charge in [-0.05, 0) is 19.3 Å². The van der Waals surface area contributed by atoms with Crippen LogP contribution >= 0.6 is 0 Å². The maximum atomic E-state index is 10.7. The molecule has 0 unspecified atom stereocenters. The SMILES string of the molecule is O=C(O)CCC[N+]1(Cc2ccccc2)CCCCC1. The predicted octanol–water partition coefficient (Wildman–Crippen LogP) is 3.05. The molecule has 3 heteroatoms. The Labute approximate surface area is 115 Å². The molecular weight excluding hydrogens is 238 g/mol. The molecule has 0 saturated carbocycles. The normalized spacial score (nSPS) is 18.1. The van der Waals surface area contributed by atoms with Crippen molar-refractivity contribution >= 4 is 5.97 Å². The van der Waals surface area contributed by atoms with E-state index in [9.17, 15) is 4.79 Å². The molecule has 0 radical (unpaired) electrons. The summed E-state index contributed by atoms with van der Waals surface area (Å²) < 4.78 is 1.08. The molecule has 1 N–H and O–H groups in total. The topological polar surface area (TPSA) is 37.3 Å². The number of nitrogens with zero attached hydrogens (tertiary/aromatic N) is 1. The van der Waals surface area contributed by atoms with Gasteiger partial charge in [-0.1, -0.05) is 30.3 Å². The van der Waals surface area contributed by atoms with Crippen molar-refractivity contribution < 1.29 is 14.4 Å². The molecule has 1 fully saturated rings. The lowest BCUT2D eigenvalue weighted by Crippen LogP contribution is -2.51. The van der Waals surface area contributed by atoms with Crippen LogP contribution in [0, 0.1) is 0 Å². The number of carboxylic acids is 1. The first-order chi connectivity index (χ1) is 9.20. The van der Waals surface area contributed by atoms with E-state index in [-0.39, 0.29) is 0 Å². The van der Waals surface area contributed by atoms with Crippen molar-refractivity contribution in [3.8, 4) is 0 Å². The first-order valence-electron chi connectivity index (χ1n) is 7.31. The van der Waals surface area contributed by atoms with Gasteiger partial charge < -0.3 is 9.59 Å². The predicted molar refractivity (Wildman–Crippen MR) is 75.7 cm³/mol. The molecule has 0 amide bonds. The van der Waals surface area contributed by atoms with Crippen LogP contribution in [0.2, 0.25) is 0 Å². The van der Waals surface area contributed by atoms with Crippen LogP contribution in [0.1, 0.15) is 37.7 Å². The zero-order chi connectivity index (χ0) is 13.6. The molecule has 1 saturated heterocycles. The van der Waals surface area contributed by atoms with E-state index in [1.54, 1.807) is 0 Å². The van der Waals surface area contributed by atoms with Crippen LogP contribution in [0.3, 0.4) is 0 Å². The summed E-state index contributed by atoms with van der Waals surface area (Å²) in [4.78, 5) is 10.7. The number of likely N-dealkylation sites (tertiary alicyclic amines) is 1. The third kappa shape index (κ3) is 4.35. The summed E-state index contributed by atoms with van der Waals surface area (Å²) in [5, 5.41) is 8.81. The number of quaternary nitrogens is 1. The molecular formula is C16H24NO2+. The van der Waals surface area contributed by atoms with Gasteiger partial charge >= 0.3 is 5.97 Å².